The molecular weight excluding hydrogens is 257 g/mol. The quantitative estimate of drug-likeness (QED) is 0.675. The fraction of sp³-hybridized carbons (Fsp3) is 0.167. The van der Waals surface area contributed by atoms with Crippen molar-refractivity contribution in [3.8, 4) is 0 Å². The van der Waals surface area contributed by atoms with Gasteiger partial charge in [-0.05, 0) is 35.6 Å². The zero-order chi connectivity index (χ0) is 7.84. The molecule has 0 saturated heterocycles. The predicted molar refractivity (Wildman–Crippen MR) is 47.1 cm³/mol. The average Bonchev–Trinajstić information content (AvgIpc) is 2.33. The molecule has 2 aromatic rings. The molecule has 56 valence electrons. The molecule has 0 radical (unpaired) electrons. The molecule has 11 heavy (non-hydrogen) atoms. The summed E-state index contributed by atoms with van der Waals surface area (Å²) < 4.78 is 5.76. The third-order valence-electron chi connectivity index (χ3n) is 1.39. The van der Waals surface area contributed by atoms with E-state index in [9.17, 15) is 0 Å². The Morgan fingerprint density at radius 3 is 3.09 bits per heavy atom. The Labute approximate surface area is 76.1 Å². The summed E-state index contributed by atoms with van der Waals surface area (Å²) in [5.41, 5.74) is 0.572. The van der Waals surface area contributed by atoms with Crippen LogP contribution in [0.15, 0.2) is 10.6 Å². The molecule has 0 aromatic carbocycles. The molecule has 0 unspecified atom stereocenters. The van der Waals surface area contributed by atoms with Gasteiger partial charge in [0, 0.05) is 0 Å². The lowest BCUT2D eigenvalue weighted by molar-refractivity contribution is 0.404. The summed E-state index contributed by atoms with van der Waals surface area (Å²) in [6.07, 6.45) is 0. The maximum atomic E-state index is 4.91. The molecule has 0 aliphatic rings. The lowest BCUT2D eigenvalue weighted by Gasteiger charge is -1.85. The Kier molecular flexibility index (Phi) is 1.52. The molecule has 0 bridgehead atoms. The highest BCUT2D eigenvalue weighted by Gasteiger charge is 2.05. The van der Waals surface area contributed by atoms with Gasteiger partial charge in [-0.3, -0.25) is 0 Å². The topological polar surface area (TPSA) is 51.8 Å². The maximum Gasteiger partial charge on any atom is 0.224 e. The maximum absolute atomic E-state index is 4.91. The van der Waals surface area contributed by atoms with E-state index < -0.39 is 0 Å². The summed E-state index contributed by atoms with van der Waals surface area (Å²) in [5, 5.41) is 12.3. The van der Waals surface area contributed by atoms with Gasteiger partial charge in [0.05, 0.1) is 5.39 Å². The van der Waals surface area contributed by atoms with E-state index in [1.165, 1.54) is 0 Å². The van der Waals surface area contributed by atoms with Crippen LogP contribution in [-0.4, -0.2) is 15.4 Å². The van der Waals surface area contributed by atoms with Crippen molar-refractivity contribution < 1.29 is 4.52 Å². The first-order valence-electron chi connectivity index (χ1n) is 3.02. The second kappa shape index (κ2) is 2.40. The Bertz CT molecular complexity index is 398. The minimum atomic E-state index is 0.572. The fourth-order valence-electron chi connectivity index (χ4n) is 0.849. The van der Waals surface area contributed by atoms with Crippen LogP contribution in [0.1, 0.15) is 5.76 Å². The van der Waals surface area contributed by atoms with Crippen LogP contribution < -0.4 is 0 Å². The van der Waals surface area contributed by atoms with Gasteiger partial charge in [0.1, 0.15) is 9.46 Å². The number of hydrogen-bond donors (Lipinski definition) is 0. The first kappa shape index (κ1) is 6.96. The predicted octanol–water partition coefficient (Wildman–Crippen LogP) is 1.53. The molecule has 0 fully saturated rings. The molecule has 0 aliphatic carbocycles. The molecule has 0 spiro atoms. The first-order valence-corrected chi connectivity index (χ1v) is 4.10. The summed E-state index contributed by atoms with van der Waals surface area (Å²) in [4.78, 5) is 0. The van der Waals surface area contributed by atoms with Crippen molar-refractivity contribution >= 4 is 33.6 Å². The zero-order valence-corrected chi connectivity index (χ0v) is 7.86. The van der Waals surface area contributed by atoms with Crippen LogP contribution in [0.5, 0.6) is 0 Å². The van der Waals surface area contributed by atoms with E-state index in [-0.39, 0.29) is 0 Å². The highest BCUT2D eigenvalue weighted by molar-refractivity contribution is 14.1. The van der Waals surface area contributed by atoms with E-state index in [0.29, 0.717) is 5.65 Å². The third-order valence-corrected chi connectivity index (χ3v) is 1.92. The van der Waals surface area contributed by atoms with Crippen molar-refractivity contribution in [2.45, 2.75) is 6.92 Å². The summed E-state index contributed by atoms with van der Waals surface area (Å²) in [6.45, 7) is 1.85. The van der Waals surface area contributed by atoms with Gasteiger partial charge in [-0.25, -0.2) is 0 Å². The second-order valence-corrected chi connectivity index (χ2v) is 3.25. The average molecular weight is 261 g/mol. The van der Waals surface area contributed by atoms with E-state index in [1.54, 1.807) is 0 Å². The first-order chi connectivity index (χ1) is 5.27. The number of aryl methyl sites for hydroxylation is 1. The number of hydrogen-bond acceptors (Lipinski definition) is 4. The molecule has 0 atom stereocenters. The zero-order valence-electron chi connectivity index (χ0n) is 5.71. The van der Waals surface area contributed by atoms with E-state index in [0.717, 1.165) is 14.8 Å². The van der Waals surface area contributed by atoms with Gasteiger partial charge >= 0.3 is 0 Å². The number of fused-ring (bicyclic) bond motifs is 1. The van der Waals surface area contributed by atoms with Crippen LogP contribution in [0.3, 0.4) is 0 Å². The van der Waals surface area contributed by atoms with Gasteiger partial charge in [-0.15, -0.1) is 10.2 Å². The van der Waals surface area contributed by atoms with Gasteiger partial charge < -0.3 is 4.52 Å². The van der Waals surface area contributed by atoms with Crippen LogP contribution in [0.4, 0.5) is 0 Å². The summed E-state index contributed by atoms with van der Waals surface area (Å²) in [7, 11) is 0. The number of nitrogens with zero attached hydrogens (tertiary/aromatic N) is 3. The molecule has 0 saturated carbocycles. The second-order valence-electron chi connectivity index (χ2n) is 2.14. The molecule has 2 heterocycles. The molecule has 4 nitrogen and oxygen atoms in total. The molecule has 0 N–H and O–H groups in total. The smallest absolute Gasteiger partial charge is 0.224 e. The summed E-state index contributed by atoms with van der Waals surface area (Å²) in [5.74, 6) is 0.785. The van der Waals surface area contributed by atoms with E-state index >= 15 is 0 Å². The SMILES string of the molecule is Cc1onc2nnc(I)cc12. The lowest BCUT2D eigenvalue weighted by Crippen LogP contribution is -1.85. The fourth-order valence-corrected chi connectivity index (χ4v) is 1.27. The van der Waals surface area contributed by atoms with Crippen molar-refractivity contribution in [1.29, 1.82) is 0 Å². The van der Waals surface area contributed by atoms with Crippen LogP contribution >= 0.6 is 22.6 Å². The number of halogens is 1. The Balaban J connectivity index is 2.87. The lowest BCUT2D eigenvalue weighted by atomic mass is 10.3. The number of rotatable bonds is 0. The van der Waals surface area contributed by atoms with Gasteiger partial charge in [-0.2, -0.15) is 0 Å². The van der Waals surface area contributed by atoms with E-state index in [2.05, 4.69) is 37.9 Å². The van der Waals surface area contributed by atoms with Crippen LogP contribution in [0.25, 0.3) is 11.0 Å². The standard InChI is InChI=1S/C6H4IN3O/c1-3-4-2-5(7)8-9-6(4)10-11-3/h2H,1H3. The number of aromatic nitrogens is 3. The van der Waals surface area contributed by atoms with E-state index in [4.69, 9.17) is 4.52 Å². The third kappa shape index (κ3) is 1.09. The van der Waals surface area contributed by atoms with Crippen molar-refractivity contribution in [3.63, 3.8) is 0 Å². The van der Waals surface area contributed by atoms with Crippen LogP contribution in [0.2, 0.25) is 0 Å². The Morgan fingerprint density at radius 2 is 2.27 bits per heavy atom. The monoisotopic (exact) mass is 261 g/mol. The highest BCUT2D eigenvalue weighted by atomic mass is 127. The molecule has 2 aromatic heterocycles. The van der Waals surface area contributed by atoms with Crippen LogP contribution in [0, 0.1) is 10.6 Å². The van der Waals surface area contributed by atoms with Gasteiger partial charge in [0.2, 0.25) is 5.65 Å². The summed E-state index contributed by atoms with van der Waals surface area (Å²) >= 11 is 2.10. The van der Waals surface area contributed by atoms with E-state index in [1.807, 2.05) is 13.0 Å². The molecule has 2 rings (SSSR count). The molecule has 5 heteroatoms. The largest absolute Gasteiger partial charge is 0.359 e. The summed E-state index contributed by atoms with van der Waals surface area (Å²) in [6, 6.07) is 1.90. The normalized spacial score (nSPS) is 10.7. The molecule has 0 aliphatic heterocycles. The Hall–Kier alpha value is -0.720. The van der Waals surface area contributed by atoms with Gasteiger partial charge in [0.15, 0.2) is 0 Å². The highest BCUT2D eigenvalue weighted by Crippen LogP contribution is 2.15. The van der Waals surface area contributed by atoms with Gasteiger partial charge in [0.25, 0.3) is 0 Å². The van der Waals surface area contributed by atoms with Crippen molar-refractivity contribution in [1.82, 2.24) is 15.4 Å². The Morgan fingerprint density at radius 1 is 1.45 bits per heavy atom. The molecule has 0 amide bonds. The van der Waals surface area contributed by atoms with Gasteiger partial charge in [-0.1, -0.05) is 5.16 Å². The van der Waals surface area contributed by atoms with Crippen molar-refractivity contribution in [3.05, 3.63) is 15.5 Å². The molecular formula is C6H4IN3O. The van der Waals surface area contributed by atoms with Crippen molar-refractivity contribution in [2.75, 3.05) is 0 Å². The minimum absolute atomic E-state index is 0.572. The van der Waals surface area contributed by atoms with Crippen molar-refractivity contribution in [2.24, 2.45) is 0 Å². The minimum Gasteiger partial charge on any atom is -0.359 e. The van der Waals surface area contributed by atoms with Crippen LogP contribution in [-0.2, 0) is 0 Å².